The summed E-state index contributed by atoms with van der Waals surface area (Å²) in [6.45, 7) is 6.11. The molecule has 0 aliphatic rings. The highest BCUT2D eigenvalue weighted by molar-refractivity contribution is 5.99. The molecule has 0 heterocycles. The molecule has 0 saturated heterocycles. The van der Waals surface area contributed by atoms with Gasteiger partial charge in [-0.05, 0) is 54.4 Å². The average Bonchev–Trinajstić information content (AvgIpc) is 2.64. The fraction of sp³-hybridized carbons (Fsp3) is 0.250. The second kappa shape index (κ2) is 9.38. The molecule has 0 unspecified atom stereocenters. The summed E-state index contributed by atoms with van der Waals surface area (Å²) in [4.78, 5) is 35.2. The van der Waals surface area contributed by atoms with Gasteiger partial charge in [0.2, 0.25) is 5.91 Å². The lowest BCUT2D eigenvalue weighted by Crippen LogP contribution is -2.41. The van der Waals surface area contributed by atoms with Crippen LogP contribution in [0.25, 0.3) is 0 Å². The molecule has 142 valence electrons. The zero-order valence-electron chi connectivity index (χ0n) is 15.5. The molecule has 3 N–H and O–H groups in total. The molecule has 0 aliphatic heterocycles. The molecule has 3 amide bonds. The second-order valence-corrected chi connectivity index (χ2v) is 6.40. The van der Waals surface area contributed by atoms with Crippen LogP contribution in [0.2, 0.25) is 0 Å². The second-order valence-electron chi connectivity index (χ2n) is 6.40. The summed E-state index contributed by atoms with van der Waals surface area (Å²) in [7, 11) is 0. The third-order valence-corrected chi connectivity index (χ3v) is 3.46. The Kier molecular flexibility index (Phi) is 6.93. The summed E-state index contributed by atoms with van der Waals surface area (Å²) in [6, 6.07) is 13.0. The maximum Gasteiger partial charge on any atom is 0.269 e. The van der Waals surface area contributed by atoms with E-state index in [0.29, 0.717) is 35.1 Å². The molecule has 0 radical (unpaired) electrons. The van der Waals surface area contributed by atoms with Crippen LogP contribution in [-0.4, -0.2) is 24.3 Å². The van der Waals surface area contributed by atoms with Crippen molar-refractivity contribution in [2.24, 2.45) is 5.92 Å². The van der Waals surface area contributed by atoms with E-state index in [1.807, 2.05) is 0 Å². The molecule has 0 spiro atoms. The molecular formula is C20H23N3O4. The van der Waals surface area contributed by atoms with Crippen molar-refractivity contribution in [1.82, 2.24) is 10.9 Å². The van der Waals surface area contributed by atoms with E-state index in [2.05, 4.69) is 30.0 Å². The number of amides is 3. The molecule has 2 rings (SSSR count). The van der Waals surface area contributed by atoms with E-state index in [1.54, 1.807) is 48.5 Å². The number of benzene rings is 2. The highest BCUT2D eigenvalue weighted by Gasteiger charge is 2.10. The van der Waals surface area contributed by atoms with E-state index in [-0.39, 0.29) is 5.91 Å². The van der Waals surface area contributed by atoms with Crippen molar-refractivity contribution in [2.45, 2.75) is 20.8 Å². The van der Waals surface area contributed by atoms with Crippen LogP contribution in [-0.2, 0) is 4.79 Å². The van der Waals surface area contributed by atoms with Gasteiger partial charge in [-0.3, -0.25) is 25.2 Å². The van der Waals surface area contributed by atoms with Crippen LogP contribution < -0.4 is 20.9 Å². The van der Waals surface area contributed by atoms with E-state index >= 15 is 0 Å². The first-order valence-corrected chi connectivity index (χ1v) is 8.56. The predicted octanol–water partition coefficient (Wildman–Crippen LogP) is 2.75. The fourth-order valence-corrected chi connectivity index (χ4v) is 2.13. The van der Waals surface area contributed by atoms with Gasteiger partial charge in [-0.25, -0.2) is 0 Å². The van der Waals surface area contributed by atoms with E-state index in [9.17, 15) is 14.4 Å². The average molecular weight is 369 g/mol. The van der Waals surface area contributed by atoms with Gasteiger partial charge < -0.3 is 10.1 Å². The van der Waals surface area contributed by atoms with Crippen LogP contribution in [0.15, 0.2) is 48.5 Å². The predicted molar refractivity (Wildman–Crippen MR) is 102 cm³/mol. The van der Waals surface area contributed by atoms with E-state index in [0.717, 1.165) is 0 Å². The zero-order valence-corrected chi connectivity index (χ0v) is 15.5. The Bertz CT molecular complexity index is 799. The van der Waals surface area contributed by atoms with Crippen molar-refractivity contribution >= 4 is 23.4 Å². The van der Waals surface area contributed by atoms with Gasteiger partial charge in [0, 0.05) is 23.7 Å². The molecular weight excluding hydrogens is 346 g/mol. The first-order chi connectivity index (χ1) is 12.8. The quantitative estimate of drug-likeness (QED) is 0.682. The largest absolute Gasteiger partial charge is 0.493 e. The van der Waals surface area contributed by atoms with Gasteiger partial charge in [-0.1, -0.05) is 13.8 Å². The third-order valence-electron chi connectivity index (χ3n) is 3.46. The molecule has 0 fully saturated rings. The number of anilines is 1. The van der Waals surface area contributed by atoms with Crippen LogP contribution in [0.1, 0.15) is 41.5 Å². The number of hydrogen-bond donors (Lipinski definition) is 3. The number of hydrogen-bond acceptors (Lipinski definition) is 4. The van der Waals surface area contributed by atoms with Gasteiger partial charge in [0.15, 0.2) is 0 Å². The van der Waals surface area contributed by atoms with Gasteiger partial charge in [0.25, 0.3) is 11.8 Å². The van der Waals surface area contributed by atoms with Crippen LogP contribution >= 0.6 is 0 Å². The van der Waals surface area contributed by atoms with Crippen molar-refractivity contribution in [3.05, 3.63) is 59.7 Å². The number of rotatable bonds is 6. The van der Waals surface area contributed by atoms with Crippen LogP contribution in [0.5, 0.6) is 5.75 Å². The first kappa shape index (κ1) is 20.0. The van der Waals surface area contributed by atoms with Crippen LogP contribution in [0.3, 0.4) is 0 Å². The normalized spacial score (nSPS) is 10.2. The van der Waals surface area contributed by atoms with Crippen molar-refractivity contribution in [3.63, 3.8) is 0 Å². The third kappa shape index (κ3) is 6.47. The van der Waals surface area contributed by atoms with Crippen LogP contribution in [0.4, 0.5) is 5.69 Å². The highest BCUT2D eigenvalue weighted by Crippen LogP contribution is 2.13. The van der Waals surface area contributed by atoms with Crippen molar-refractivity contribution in [3.8, 4) is 5.75 Å². The van der Waals surface area contributed by atoms with E-state index in [4.69, 9.17) is 4.74 Å². The first-order valence-electron chi connectivity index (χ1n) is 8.56. The molecule has 2 aromatic carbocycles. The molecule has 0 atom stereocenters. The summed E-state index contributed by atoms with van der Waals surface area (Å²) in [5, 5.41) is 2.61. The Morgan fingerprint density at radius 3 is 1.78 bits per heavy atom. The zero-order chi connectivity index (χ0) is 19.8. The SMILES string of the molecule is CC(=O)Nc1ccc(C(=O)NNC(=O)c2ccc(OCC(C)C)cc2)cc1. The monoisotopic (exact) mass is 369 g/mol. The lowest BCUT2D eigenvalue weighted by atomic mass is 10.2. The number of carbonyl (C=O) groups is 3. The molecule has 7 nitrogen and oxygen atoms in total. The Morgan fingerprint density at radius 1 is 0.852 bits per heavy atom. The molecule has 0 saturated carbocycles. The molecule has 27 heavy (non-hydrogen) atoms. The van der Waals surface area contributed by atoms with Crippen molar-refractivity contribution < 1.29 is 19.1 Å². The minimum atomic E-state index is -0.463. The molecule has 7 heteroatoms. The Balaban J connectivity index is 1.87. The summed E-state index contributed by atoms with van der Waals surface area (Å²) in [5.41, 5.74) is 6.05. The maximum absolute atomic E-state index is 12.1. The Labute approximate surface area is 158 Å². The topological polar surface area (TPSA) is 96.5 Å². The molecule has 0 bridgehead atoms. The van der Waals surface area contributed by atoms with Gasteiger partial charge in [-0.15, -0.1) is 0 Å². The van der Waals surface area contributed by atoms with E-state index in [1.165, 1.54) is 6.92 Å². The fourth-order valence-electron chi connectivity index (χ4n) is 2.13. The summed E-state index contributed by atoms with van der Waals surface area (Å²) in [5.74, 6) is 0.00219. The van der Waals surface area contributed by atoms with E-state index < -0.39 is 11.8 Å². The lowest BCUT2D eigenvalue weighted by molar-refractivity contribution is -0.114. The van der Waals surface area contributed by atoms with Gasteiger partial charge in [0.1, 0.15) is 5.75 Å². The molecule has 0 aliphatic carbocycles. The molecule has 0 aromatic heterocycles. The standard InChI is InChI=1S/C20H23N3O4/c1-13(2)12-27-18-10-6-16(7-11-18)20(26)23-22-19(25)15-4-8-17(9-5-15)21-14(3)24/h4-11,13H,12H2,1-3H3,(H,21,24)(H,22,25)(H,23,26). The Morgan fingerprint density at radius 2 is 1.33 bits per heavy atom. The molecule has 2 aromatic rings. The van der Waals surface area contributed by atoms with Gasteiger partial charge in [0.05, 0.1) is 6.61 Å². The van der Waals surface area contributed by atoms with Crippen LogP contribution in [0, 0.1) is 5.92 Å². The van der Waals surface area contributed by atoms with Crippen molar-refractivity contribution in [1.29, 1.82) is 0 Å². The summed E-state index contributed by atoms with van der Waals surface area (Å²) < 4.78 is 5.56. The summed E-state index contributed by atoms with van der Waals surface area (Å²) in [6.07, 6.45) is 0. The number of carbonyl (C=O) groups excluding carboxylic acids is 3. The summed E-state index contributed by atoms with van der Waals surface area (Å²) >= 11 is 0. The smallest absolute Gasteiger partial charge is 0.269 e. The maximum atomic E-state index is 12.1. The van der Waals surface area contributed by atoms with Gasteiger partial charge >= 0.3 is 0 Å². The number of hydrazine groups is 1. The number of nitrogens with one attached hydrogen (secondary N) is 3. The number of ether oxygens (including phenoxy) is 1. The highest BCUT2D eigenvalue weighted by atomic mass is 16.5. The van der Waals surface area contributed by atoms with Crippen molar-refractivity contribution in [2.75, 3.05) is 11.9 Å². The lowest BCUT2D eigenvalue weighted by Gasteiger charge is -2.10. The minimum Gasteiger partial charge on any atom is -0.493 e. The minimum absolute atomic E-state index is 0.194. The Hall–Kier alpha value is -3.35. The van der Waals surface area contributed by atoms with Gasteiger partial charge in [-0.2, -0.15) is 0 Å².